The van der Waals surface area contributed by atoms with Gasteiger partial charge in [-0.1, -0.05) is 6.07 Å². The summed E-state index contributed by atoms with van der Waals surface area (Å²) in [5.74, 6) is -0.347. The summed E-state index contributed by atoms with van der Waals surface area (Å²) in [7, 11) is -3.39. The third-order valence-corrected chi connectivity index (χ3v) is 9.32. The third kappa shape index (κ3) is 3.85. The molecule has 1 aromatic heterocycles. The van der Waals surface area contributed by atoms with E-state index in [1.54, 1.807) is 31.7 Å². The first-order valence-corrected chi connectivity index (χ1v) is 12.1. The molecular weight excluding hydrogens is 405 g/mol. The van der Waals surface area contributed by atoms with E-state index in [-0.39, 0.29) is 23.9 Å². The van der Waals surface area contributed by atoms with Crippen molar-refractivity contribution in [1.82, 2.24) is 19.1 Å². The summed E-state index contributed by atoms with van der Waals surface area (Å²) < 4.78 is 43.8. The van der Waals surface area contributed by atoms with Gasteiger partial charge in [0.05, 0.1) is 5.25 Å². The van der Waals surface area contributed by atoms with Crippen molar-refractivity contribution in [3.63, 3.8) is 0 Å². The smallest absolute Gasteiger partial charge is 0.217 e. The molecule has 0 saturated carbocycles. The summed E-state index contributed by atoms with van der Waals surface area (Å²) in [6.45, 7) is 7.53. The number of piperidine rings is 1. The second kappa shape index (κ2) is 7.92. The number of aromatic nitrogens is 3. The van der Waals surface area contributed by atoms with E-state index in [2.05, 4.69) is 26.6 Å². The minimum atomic E-state index is -3.39. The van der Waals surface area contributed by atoms with Crippen molar-refractivity contribution in [2.75, 3.05) is 18.0 Å². The first kappa shape index (κ1) is 21.2. The van der Waals surface area contributed by atoms with Crippen molar-refractivity contribution < 1.29 is 12.8 Å². The lowest BCUT2D eigenvalue weighted by Crippen LogP contribution is -2.47. The van der Waals surface area contributed by atoms with Crippen LogP contribution in [0.2, 0.25) is 0 Å². The largest absolute Gasteiger partial charge is 0.371 e. The molecule has 0 bridgehead atoms. The first-order valence-electron chi connectivity index (χ1n) is 10.6. The Hall–Kier alpha value is -2.00. The predicted molar refractivity (Wildman–Crippen MR) is 114 cm³/mol. The summed E-state index contributed by atoms with van der Waals surface area (Å²) in [6.07, 6.45) is 6.79. The minimum absolute atomic E-state index is 0.0338. The molecule has 30 heavy (non-hydrogen) atoms. The zero-order chi connectivity index (χ0) is 21.5. The third-order valence-electron chi connectivity index (χ3n) is 6.93. The highest BCUT2D eigenvalue weighted by atomic mass is 32.2. The van der Waals surface area contributed by atoms with Crippen LogP contribution in [-0.4, -0.2) is 51.9 Å². The molecule has 3 heterocycles. The van der Waals surface area contributed by atoms with Crippen molar-refractivity contribution in [2.45, 2.75) is 69.8 Å². The molecule has 0 spiro atoms. The van der Waals surface area contributed by atoms with E-state index < -0.39 is 15.3 Å². The highest BCUT2D eigenvalue weighted by molar-refractivity contribution is 7.89. The molecule has 7 nitrogen and oxygen atoms in total. The lowest BCUT2D eigenvalue weighted by atomic mass is 9.89. The molecule has 2 atom stereocenters. The van der Waals surface area contributed by atoms with Crippen molar-refractivity contribution in [2.24, 2.45) is 0 Å². The molecule has 0 aliphatic carbocycles. The lowest BCUT2D eigenvalue weighted by Gasteiger charge is -2.41. The average molecular weight is 436 g/mol. The van der Waals surface area contributed by atoms with E-state index in [0.29, 0.717) is 12.0 Å². The molecule has 2 aromatic rings. The summed E-state index contributed by atoms with van der Waals surface area (Å²) in [5.41, 5.74) is 1.23. The molecule has 9 heteroatoms. The standard InChI is InChI=1S/C21H30FN5O2S/c1-16-4-5-17(2)30(28,29)27(16)13-18-6-7-19(12-20(18)22)25-10-8-21(3,9-11-25)26-14-23-24-15-26/h6-7,12,14-17H,4-5,8-11,13H2,1-3H3/t16-,17?/m0/s1. The first-order chi connectivity index (χ1) is 14.2. The van der Waals surface area contributed by atoms with Crippen LogP contribution in [-0.2, 0) is 22.1 Å². The fourth-order valence-corrected chi connectivity index (χ4v) is 6.33. The second-order valence-corrected chi connectivity index (χ2v) is 11.3. The number of anilines is 1. The van der Waals surface area contributed by atoms with Crippen LogP contribution < -0.4 is 4.90 Å². The van der Waals surface area contributed by atoms with E-state index in [9.17, 15) is 12.8 Å². The summed E-state index contributed by atoms with van der Waals surface area (Å²) in [6, 6.07) is 5.08. The molecule has 0 radical (unpaired) electrons. The van der Waals surface area contributed by atoms with Crippen LogP contribution in [0, 0.1) is 5.82 Å². The van der Waals surface area contributed by atoms with Gasteiger partial charge in [0.1, 0.15) is 18.5 Å². The SMILES string of the molecule is CC1CC[C@H](C)N(Cc2ccc(N3CCC(C)(n4cnnc4)CC3)cc2F)S1(=O)=O. The van der Waals surface area contributed by atoms with E-state index >= 15 is 0 Å². The van der Waals surface area contributed by atoms with Gasteiger partial charge in [-0.05, 0) is 58.6 Å². The molecule has 164 valence electrons. The highest BCUT2D eigenvalue weighted by Gasteiger charge is 2.37. The van der Waals surface area contributed by atoms with Crippen molar-refractivity contribution in [3.8, 4) is 0 Å². The Morgan fingerprint density at radius 3 is 2.43 bits per heavy atom. The Morgan fingerprint density at radius 2 is 1.80 bits per heavy atom. The number of rotatable bonds is 4. The number of nitrogens with zero attached hydrogens (tertiary/aromatic N) is 5. The van der Waals surface area contributed by atoms with Gasteiger partial charge in [-0.3, -0.25) is 0 Å². The van der Waals surface area contributed by atoms with Gasteiger partial charge in [-0.25, -0.2) is 12.8 Å². The average Bonchev–Trinajstić information content (AvgIpc) is 3.26. The maximum atomic E-state index is 14.9. The molecule has 0 N–H and O–H groups in total. The predicted octanol–water partition coefficient (Wildman–Crippen LogP) is 3.14. The Bertz CT molecular complexity index is 987. The maximum absolute atomic E-state index is 14.9. The Labute approximate surface area is 177 Å². The quantitative estimate of drug-likeness (QED) is 0.738. The topological polar surface area (TPSA) is 71.3 Å². The van der Waals surface area contributed by atoms with Gasteiger partial charge >= 0.3 is 0 Å². The van der Waals surface area contributed by atoms with E-state index in [1.807, 2.05) is 13.0 Å². The fraction of sp³-hybridized carbons (Fsp3) is 0.619. The molecule has 0 amide bonds. The molecule has 1 aromatic carbocycles. The second-order valence-electron chi connectivity index (χ2n) is 8.96. The number of sulfonamides is 1. The van der Waals surface area contributed by atoms with E-state index in [0.717, 1.165) is 38.0 Å². The summed E-state index contributed by atoms with van der Waals surface area (Å²) >= 11 is 0. The van der Waals surface area contributed by atoms with Gasteiger partial charge in [-0.15, -0.1) is 10.2 Å². The van der Waals surface area contributed by atoms with Gasteiger partial charge in [0.25, 0.3) is 0 Å². The van der Waals surface area contributed by atoms with E-state index in [1.165, 1.54) is 4.31 Å². The maximum Gasteiger partial charge on any atom is 0.217 e. The molecule has 4 rings (SSSR count). The van der Waals surface area contributed by atoms with E-state index in [4.69, 9.17) is 0 Å². The van der Waals surface area contributed by atoms with Crippen LogP contribution in [0.25, 0.3) is 0 Å². The normalized spacial score (nSPS) is 26.6. The summed E-state index contributed by atoms with van der Waals surface area (Å²) in [4.78, 5) is 2.18. The molecule has 2 fully saturated rings. The number of hydrogen-bond donors (Lipinski definition) is 0. The zero-order valence-corrected chi connectivity index (χ0v) is 18.6. The Morgan fingerprint density at radius 1 is 1.13 bits per heavy atom. The summed E-state index contributed by atoms with van der Waals surface area (Å²) in [5, 5.41) is 7.41. The molecular formula is C21H30FN5O2S. The minimum Gasteiger partial charge on any atom is -0.371 e. The highest BCUT2D eigenvalue weighted by Crippen LogP contribution is 2.33. The van der Waals surface area contributed by atoms with Crippen molar-refractivity contribution in [1.29, 1.82) is 0 Å². The van der Waals surface area contributed by atoms with Crippen LogP contribution in [0.15, 0.2) is 30.9 Å². The van der Waals surface area contributed by atoms with Crippen LogP contribution >= 0.6 is 0 Å². The van der Waals surface area contributed by atoms with Crippen LogP contribution in [0.5, 0.6) is 0 Å². The van der Waals surface area contributed by atoms with Crippen LogP contribution in [0.1, 0.15) is 52.0 Å². The zero-order valence-electron chi connectivity index (χ0n) is 17.8. The Kier molecular flexibility index (Phi) is 5.61. The fourth-order valence-electron chi connectivity index (χ4n) is 4.51. The molecule has 2 aliphatic rings. The number of hydrogen-bond acceptors (Lipinski definition) is 5. The molecule has 2 aliphatic heterocycles. The number of halogens is 1. The lowest BCUT2D eigenvalue weighted by molar-refractivity contribution is 0.247. The van der Waals surface area contributed by atoms with Gasteiger partial charge < -0.3 is 9.47 Å². The van der Waals surface area contributed by atoms with Gasteiger partial charge in [0.2, 0.25) is 10.0 Å². The Balaban J connectivity index is 1.46. The molecule has 2 saturated heterocycles. The van der Waals surface area contributed by atoms with Gasteiger partial charge in [0.15, 0.2) is 0 Å². The van der Waals surface area contributed by atoms with Crippen LogP contribution in [0.4, 0.5) is 10.1 Å². The van der Waals surface area contributed by atoms with Gasteiger partial charge in [0, 0.05) is 42.5 Å². The monoisotopic (exact) mass is 435 g/mol. The van der Waals surface area contributed by atoms with Crippen molar-refractivity contribution >= 4 is 15.7 Å². The number of benzene rings is 1. The van der Waals surface area contributed by atoms with Crippen molar-refractivity contribution in [3.05, 3.63) is 42.2 Å². The van der Waals surface area contributed by atoms with Crippen LogP contribution in [0.3, 0.4) is 0 Å². The van der Waals surface area contributed by atoms with Gasteiger partial charge in [-0.2, -0.15) is 4.31 Å². The molecule has 1 unspecified atom stereocenters.